The minimum Gasteiger partial charge on any atom is -1.00 e. The maximum Gasteiger partial charge on any atom is -0.0253 e. The van der Waals surface area contributed by atoms with Gasteiger partial charge >= 0.3 is 68.0 Å². The molecule has 0 amide bonds. The van der Waals surface area contributed by atoms with E-state index in [4.69, 9.17) is 0 Å². The van der Waals surface area contributed by atoms with Crippen molar-refractivity contribution < 1.29 is 53.4 Å². The summed E-state index contributed by atoms with van der Waals surface area (Å²) in [5, 5.41) is 0. The van der Waals surface area contributed by atoms with E-state index in [0.29, 0.717) is 5.92 Å². The zero-order chi connectivity index (χ0) is 23.1. The number of hydrogen-bond donors (Lipinski definition) is 0. The van der Waals surface area contributed by atoms with Gasteiger partial charge in [-0.1, -0.05) is 69.0 Å². The Morgan fingerprint density at radius 3 is 2.15 bits per heavy atom. The summed E-state index contributed by atoms with van der Waals surface area (Å²) in [5.74, 6) is 0.505. The SMILES string of the molecule is Cc1cc(C(C)C)c(C)[cH-]1.Fc1ccc([CH]=[Zr+2])cc1.[Cl-].[Cl-].[c-]1cccc2c1Cc1ccccc1-2. The molecule has 0 nitrogen and oxygen atoms in total. The molecule has 176 valence electrons. The Hall–Kier alpha value is -1.73. The quantitative estimate of drug-likeness (QED) is 0.284. The van der Waals surface area contributed by atoms with Crippen molar-refractivity contribution in [2.45, 2.75) is 40.0 Å². The van der Waals surface area contributed by atoms with Crippen molar-refractivity contribution in [2.24, 2.45) is 0 Å². The molecule has 0 N–H and O–H groups in total. The van der Waals surface area contributed by atoms with Crippen LogP contribution in [0, 0.1) is 25.7 Å². The van der Waals surface area contributed by atoms with E-state index in [1.165, 1.54) is 75.3 Å². The molecule has 4 aromatic carbocycles. The van der Waals surface area contributed by atoms with E-state index < -0.39 is 0 Å². The van der Waals surface area contributed by atoms with Crippen LogP contribution in [0.15, 0.2) is 78.9 Å². The van der Waals surface area contributed by atoms with E-state index >= 15 is 0 Å². The van der Waals surface area contributed by atoms with Gasteiger partial charge in [0.15, 0.2) is 0 Å². The van der Waals surface area contributed by atoms with Crippen LogP contribution in [0.25, 0.3) is 11.1 Å². The molecular weight excluding hydrogens is 541 g/mol. The molecule has 0 saturated carbocycles. The van der Waals surface area contributed by atoms with Crippen LogP contribution in [0.2, 0.25) is 0 Å². The van der Waals surface area contributed by atoms with Gasteiger partial charge in [-0.05, 0) is 6.42 Å². The summed E-state index contributed by atoms with van der Waals surface area (Å²) in [6, 6.07) is 29.1. The summed E-state index contributed by atoms with van der Waals surface area (Å²) in [6.45, 7) is 8.81. The van der Waals surface area contributed by atoms with Crippen molar-refractivity contribution in [1.82, 2.24) is 0 Å². The van der Waals surface area contributed by atoms with E-state index in [1.54, 1.807) is 12.1 Å². The van der Waals surface area contributed by atoms with Gasteiger partial charge in [-0.15, -0.1) is 5.56 Å². The second-order valence-electron chi connectivity index (χ2n) is 8.42. The van der Waals surface area contributed by atoms with Crippen LogP contribution in [0.5, 0.6) is 0 Å². The van der Waals surface area contributed by atoms with E-state index in [-0.39, 0.29) is 30.6 Å². The summed E-state index contributed by atoms with van der Waals surface area (Å²) in [7, 11) is 0. The number of benzene rings is 3. The molecule has 1 aliphatic carbocycles. The monoisotopic (exact) mass is 568 g/mol. The standard InChI is InChI=1S/C13H9.C10H15.C7H5F.2ClH.Zr/c1-3-7-12-10(5-1)9-11-6-2-4-8-13(11)12;1-7(2)10-6-8(3)5-9(10)4;1-6-2-4-7(8)5-3-6;;;/h1-5,7-8H,9H2;5-7H,1-4H3;1-5H;2*1H;/q2*-1;;;;+2/p-2. The third-order valence-corrected chi connectivity index (χ3v) is 6.38. The maximum atomic E-state index is 12.2. The van der Waals surface area contributed by atoms with E-state index in [1.807, 2.05) is 9.78 Å². The molecule has 0 unspecified atom stereocenters. The summed E-state index contributed by atoms with van der Waals surface area (Å²) in [4.78, 5) is 0. The number of halogens is 3. The van der Waals surface area contributed by atoms with Crippen LogP contribution < -0.4 is 24.8 Å². The van der Waals surface area contributed by atoms with Gasteiger partial charge in [0.25, 0.3) is 0 Å². The Morgan fingerprint density at radius 2 is 1.59 bits per heavy atom. The van der Waals surface area contributed by atoms with Crippen LogP contribution in [0.4, 0.5) is 4.39 Å². The Kier molecular flexibility index (Phi) is 13.0. The fraction of sp³-hybridized carbons (Fsp3) is 0.200. The maximum absolute atomic E-state index is 12.2. The third-order valence-electron chi connectivity index (χ3n) is 5.56. The van der Waals surface area contributed by atoms with E-state index in [2.05, 4.69) is 82.3 Å². The largest absolute Gasteiger partial charge is 1.00 e. The predicted octanol–water partition coefficient (Wildman–Crippen LogP) is 1.73. The Morgan fingerprint density at radius 1 is 0.941 bits per heavy atom. The van der Waals surface area contributed by atoms with Crippen LogP contribution in [-0.4, -0.2) is 3.71 Å². The van der Waals surface area contributed by atoms with Crippen molar-refractivity contribution >= 4 is 3.71 Å². The second-order valence-corrected chi connectivity index (χ2v) is 9.13. The molecule has 4 heteroatoms. The smallest absolute Gasteiger partial charge is 0.0253 e. The van der Waals surface area contributed by atoms with Crippen molar-refractivity contribution in [3.05, 3.63) is 124 Å². The molecule has 0 saturated heterocycles. The molecule has 0 bridgehead atoms. The van der Waals surface area contributed by atoms with Gasteiger partial charge in [0.05, 0.1) is 0 Å². The van der Waals surface area contributed by atoms with Gasteiger partial charge in [-0.2, -0.15) is 52.6 Å². The van der Waals surface area contributed by atoms with Gasteiger partial charge in [-0.3, -0.25) is 0 Å². The molecule has 34 heavy (non-hydrogen) atoms. The minimum absolute atomic E-state index is 0. The minimum atomic E-state index is -0.170. The van der Waals surface area contributed by atoms with Crippen LogP contribution >= 0.6 is 0 Å². The fourth-order valence-electron chi connectivity index (χ4n) is 4.00. The molecule has 5 rings (SSSR count). The number of rotatable bonds is 2. The molecule has 0 radical (unpaired) electrons. The van der Waals surface area contributed by atoms with Gasteiger partial charge < -0.3 is 24.8 Å². The average molecular weight is 571 g/mol. The van der Waals surface area contributed by atoms with Crippen molar-refractivity contribution in [3.63, 3.8) is 0 Å². The summed E-state index contributed by atoms with van der Waals surface area (Å²) in [5.41, 5.74) is 10.9. The van der Waals surface area contributed by atoms with Gasteiger partial charge in [0.2, 0.25) is 0 Å². The van der Waals surface area contributed by atoms with Gasteiger partial charge in [0, 0.05) is 0 Å². The average Bonchev–Trinajstić information content (AvgIpc) is 3.34. The Balaban J connectivity index is 0.000000253. The first-order valence-corrected chi connectivity index (χ1v) is 12.4. The van der Waals surface area contributed by atoms with E-state index in [0.717, 1.165) is 12.0 Å². The molecule has 1 aliphatic rings. The summed E-state index contributed by atoms with van der Waals surface area (Å²) < 4.78 is 14.2. The zero-order valence-electron chi connectivity index (χ0n) is 20.0. The van der Waals surface area contributed by atoms with Crippen molar-refractivity contribution in [3.8, 4) is 11.1 Å². The Labute approximate surface area is 231 Å². The van der Waals surface area contributed by atoms with E-state index in [9.17, 15) is 4.39 Å². The number of hydrogen-bond acceptors (Lipinski definition) is 0. The molecule has 0 aromatic heterocycles. The first-order chi connectivity index (χ1) is 15.4. The van der Waals surface area contributed by atoms with Crippen LogP contribution in [0.3, 0.4) is 0 Å². The normalized spacial score (nSPS) is 10.4. The predicted molar refractivity (Wildman–Crippen MR) is 131 cm³/mol. The molecule has 0 fully saturated rings. The topological polar surface area (TPSA) is 0 Å². The number of aryl methyl sites for hydroxylation is 2. The zero-order valence-corrected chi connectivity index (χ0v) is 24.0. The summed E-state index contributed by atoms with van der Waals surface area (Å²) in [6.07, 6.45) is 1.05. The van der Waals surface area contributed by atoms with Gasteiger partial charge in [0.1, 0.15) is 0 Å². The molecule has 0 atom stereocenters. The van der Waals surface area contributed by atoms with Crippen LogP contribution in [0.1, 0.15) is 53.1 Å². The second kappa shape index (κ2) is 14.6. The van der Waals surface area contributed by atoms with Crippen molar-refractivity contribution in [2.75, 3.05) is 0 Å². The Bertz CT molecular complexity index is 1130. The fourth-order valence-corrected chi connectivity index (χ4v) is 4.48. The number of fused-ring (bicyclic) bond motifs is 3. The van der Waals surface area contributed by atoms with Gasteiger partial charge in [-0.25, -0.2) is 6.07 Å². The summed E-state index contributed by atoms with van der Waals surface area (Å²) >= 11 is 1.34. The van der Waals surface area contributed by atoms with Crippen LogP contribution in [-0.2, 0) is 30.7 Å². The molecule has 0 aliphatic heterocycles. The first kappa shape index (κ1) is 30.3. The first-order valence-electron chi connectivity index (χ1n) is 11.0. The van der Waals surface area contributed by atoms with Crippen molar-refractivity contribution in [1.29, 1.82) is 0 Å². The third kappa shape index (κ3) is 8.19. The molecule has 0 spiro atoms. The molecule has 4 aromatic rings. The molecular formula is C30H29Cl2FZr-2. The molecule has 0 heterocycles.